The molecule has 1 N–H and O–H groups in total. The monoisotopic (exact) mass is 390 g/mol. The third-order valence-electron chi connectivity index (χ3n) is 5.86. The van der Waals surface area contributed by atoms with E-state index in [9.17, 15) is 4.79 Å². The van der Waals surface area contributed by atoms with E-state index >= 15 is 0 Å². The van der Waals surface area contributed by atoms with E-state index in [0.29, 0.717) is 6.54 Å². The maximum absolute atomic E-state index is 13.4. The Bertz CT molecular complexity index is 964. The lowest BCUT2D eigenvalue weighted by molar-refractivity contribution is -0.914. The van der Waals surface area contributed by atoms with Gasteiger partial charge in [0.25, 0.3) is 5.91 Å². The molecule has 150 valence electrons. The molecule has 6 heteroatoms. The molecule has 1 amide bonds. The third kappa shape index (κ3) is 3.93. The van der Waals surface area contributed by atoms with E-state index in [1.807, 2.05) is 36.1 Å². The van der Waals surface area contributed by atoms with Crippen molar-refractivity contribution < 1.29 is 9.69 Å². The highest BCUT2D eigenvalue weighted by molar-refractivity contribution is 6.04. The number of piperazine rings is 1. The Kier molecular flexibility index (Phi) is 5.71. The highest BCUT2D eigenvalue weighted by Gasteiger charge is 2.33. The van der Waals surface area contributed by atoms with Gasteiger partial charge in [0.1, 0.15) is 0 Å². The Labute approximate surface area is 171 Å². The van der Waals surface area contributed by atoms with Crippen LogP contribution in [0, 0.1) is 0 Å². The first-order valence-electron chi connectivity index (χ1n) is 10.3. The van der Waals surface area contributed by atoms with Gasteiger partial charge in [0.05, 0.1) is 31.9 Å². The summed E-state index contributed by atoms with van der Waals surface area (Å²) >= 11 is 0. The molecule has 0 spiro atoms. The van der Waals surface area contributed by atoms with Crippen molar-refractivity contribution in [3.8, 4) is 0 Å². The molecular formula is C23H28N5O+. The second-order valence-electron chi connectivity index (χ2n) is 7.50. The number of amides is 1. The fourth-order valence-corrected chi connectivity index (χ4v) is 4.18. The molecular weight excluding hydrogens is 362 g/mol. The van der Waals surface area contributed by atoms with Crippen LogP contribution in [0.1, 0.15) is 13.8 Å². The minimum Gasteiger partial charge on any atom is -0.330 e. The van der Waals surface area contributed by atoms with Crippen molar-refractivity contribution in [2.45, 2.75) is 19.9 Å². The van der Waals surface area contributed by atoms with Crippen LogP contribution in [0.5, 0.6) is 0 Å². The zero-order valence-electron chi connectivity index (χ0n) is 17.1. The van der Waals surface area contributed by atoms with Gasteiger partial charge in [0.2, 0.25) is 5.95 Å². The lowest BCUT2D eigenvalue weighted by atomic mass is 10.1. The number of likely N-dealkylation sites (N-methyl/N-ethyl adjacent to an activating group) is 1. The van der Waals surface area contributed by atoms with Gasteiger partial charge in [-0.2, -0.15) is 0 Å². The van der Waals surface area contributed by atoms with Crippen molar-refractivity contribution in [2.24, 2.45) is 0 Å². The number of fused-ring (bicyclic) bond motifs is 1. The first-order valence-corrected chi connectivity index (χ1v) is 10.3. The van der Waals surface area contributed by atoms with Crippen LogP contribution in [0.4, 0.5) is 11.6 Å². The van der Waals surface area contributed by atoms with E-state index in [4.69, 9.17) is 0 Å². The molecule has 1 aliphatic rings. The van der Waals surface area contributed by atoms with E-state index in [1.165, 1.54) is 4.90 Å². The lowest BCUT2D eigenvalue weighted by Crippen LogP contribution is -3.19. The summed E-state index contributed by atoms with van der Waals surface area (Å²) in [5, 5.41) is 2.28. The minimum absolute atomic E-state index is 0.0900. The van der Waals surface area contributed by atoms with Gasteiger partial charge in [-0.1, -0.05) is 36.4 Å². The number of aromatic nitrogens is 2. The van der Waals surface area contributed by atoms with Crippen LogP contribution in [0.15, 0.2) is 60.9 Å². The fourth-order valence-electron chi connectivity index (χ4n) is 4.18. The van der Waals surface area contributed by atoms with E-state index in [-0.39, 0.29) is 11.9 Å². The SMILES string of the molecule is CCN(C(=O)[C@@H](C)[NH+]1CCN(c2ncccn2)CC1)c1cccc2ccccc12. The van der Waals surface area contributed by atoms with Gasteiger partial charge in [-0.05, 0) is 31.4 Å². The molecule has 1 aliphatic heterocycles. The Morgan fingerprint density at radius 3 is 2.48 bits per heavy atom. The maximum atomic E-state index is 13.4. The summed E-state index contributed by atoms with van der Waals surface area (Å²) in [6.45, 7) is 8.28. The zero-order valence-corrected chi connectivity index (χ0v) is 17.1. The number of hydrogen-bond acceptors (Lipinski definition) is 4. The fraction of sp³-hybridized carbons (Fsp3) is 0.348. The van der Waals surface area contributed by atoms with Crippen LogP contribution in [0.2, 0.25) is 0 Å². The van der Waals surface area contributed by atoms with Crippen molar-refractivity contribution in [1.29, 1.82) is 0 Å². The summed E-state index contributed by atoms with van der Waals surface area (Å²) in [7, 11) is 0. The van der Waals surface area contributed by atoms with Gasteiger partial charge in [0.15, 0.2) is 6.04 Å². The number of carbonyl (C=O) groups is 1. The Balaban J connectivity index is 1.48. The topological polar surface area (TPSA) is 53.8 Å². The lowest BCUT2D eigenvalue weighted by Gasteiger charge is -2.36. The highest BCUT2D eigenvalue weighted by Crippen LogP contribution is 2.27. The standard InChI is InChI=1S/C23H27N5O/c1-3-28(21-11-6-9-19-8-4-5-10-20(19)21)22(29)18(2)26-14-16-27(17-15-26)23-24-12-7-13-25-23/h4-13,18H,3,14-17H2,1-2H3/p+1/t18-/m1/s1. The molecule has 29 heavy (non-hydrogen) atoms. The van der Waals surface area contributed by atoms with Gasteiger partial charge < -0.3 is 14.7 Å². The minimum atomic E-state index is -0.0900. The molecule has 1 saturated heterocycles. The number of benzene rings is 2. The Morgan fingerprint density at radius 1 is 1.07 bits per heavy atom. The second-order valence-corrected chi connectivity index (χ2v) is 7.50. The predicted octanol–water partition coefficient (Wildman–Crippen LogP) is 1.78. The van der Waals surface area contributed by atoms with Crippen molar-refractivity contribution in [1.82, 2.24) is 9.97 Å². The van der Waals surface area contributed by atoms with Crippen molar-refractivity contribution in [3.05, 3.63) is 60.9 Å². The van der Waals surface area contributed by atoms with Crippen LogP contribution in [0.3, 0.4) is 0 Å². The van der Waals surface area contributed by atoms with E-state index in [0.717, 1.165) is 48.6 Å². The van der Waals surface area contributed by atoms with Gasteiger partial charge in [0, 0.05) is 24.3 Å². The number of carbonyl (C=O) groups excluding carboxylic acids is 1. The molecule has 0 radical (unpaired) electrons. The summed E-state index contributed by atoms with van der Waals surface area (Å²) in [6.07, 6.45) is 3.55. The molecule has 0 bridgehead atoms. The zero-order chi connectivity index (χ0) is 20.2. The van der Waals surface area contributed by atoms with Crippen molar-refractivity contribution in [2.75, 3.05) is 42.5 Å². The Hall–Kier alpha value is -2.99. The summed E-state index contributed by atoms with van der Waals surface area (Å²) < 4.78 is 0. The highest BCUT2D eigenvalue weighted by atomic mass is 16.2. The van der Waals surface area contributed by atoms with Crippen LogP contribution >= 0.6 is 0 Å². The molecule has 0 unspecified atom stereocenters. The number of nitrogens with zero attached hydrogens (tertiary/aromatic N) is 4. The van der Waals surface area contributed by atoms with E-state index in [1.54, 1.807) is 12.4 Å². The summed E-state index contributed by atoms with van der Waals surface area (Å²) in [4.78, 5) is 27.6. The normalized spacial score (nSPS) is 16.0. The molecule has 2 heterocycles. The largest absolute Gasteiger partial charge is 0.330 e. The molecule has 2 aromatic carbocycles. The molecule has 1 atom stereocenters. The molecule has 0 saturated carbocycles. The summed E-state index contributed by atoms with van der Waals surface area (Å²) in [6, 6.07) is 16.2. The molecule has 1 aromatic heterocycles. The van der Waals surface area contributed by atoms with Gasteiger partial charge in [-0.25, -0.2) is 9.97 Å². The van der Waals surface area contributed by atoms with Crippen LogP contribution in [0.25, 0.3) is 10.8 Å². The summed E-state index contributed by atoms with van der Waals surface area (Å²) in [5.74, 6) is 0.958. The van der Waals surface area contributed by atoms with Crippen LogP contribution in [-0.2, 0) is 4.79 Å². The number of anilines is 2. The molecule has 4 rings (SSSR count). The van der Waals surface area contributed by atoms with Crippen molar-refractivity contribution >= 4 is 28.3 Å². The van der Waals surface area contributed by atoms with E-state index < -0.39 is 0 Å². The van der Waals surface area contributed by atoms with Gasteiger partial charge in [-0.3, -0.25) is 4.79 Å². The third-order valence-corrected chi connectivity index (χ3v) is 5.86. The van der Waals surface area contributed by atoms with Crippen molar-refractivity contribution in [3.63, 3.8) is 0 Å². The number of nitrogens with one attached hydrogen (secondary N) is 1. The van der Waals surface area contributed by atoms with E-state index in [2.05, 4.69) is 46.1 Å². The molecule has 6 nitrogen and oxygen atoms in total. The Morgan fingerprint density at radius 2 is 1.76 bits per heavy atom. The quantitative estimate of drug-likeness (QED) is 0.722. The van der Waals surface area contributed by atoms with Crippen LogP contribution < -0.4 is 14.7 Å². The molecule has 1 fully saturated rings. The van der Waals surface area contributed by atoms with Crippen LogP contribution in [-0.4, -0.2) is 54.6 Å². The average molecular weight is 391 g/mol. The first kappa shape index (κ1) is 19.3. The predicted molar refractivity (Wildman–Crippen MR) is 116 cm³/mol. The molecule has 0 aliphatic carbocycles. The maximum Gasteiger partial charge on any atom is 0.284 e. The average Bonchev–Trinajstić information content (AvgIpc) is 2.80. The number of quaternary nitrogens is 1. The van der Waals surface area contributed by atoms with Gasteiger partial charge in [-0.15, -0.1) is 0 Å². The second kappa shape index (κ2) is 8.57. The summed E-state index contributed by atoms with van der Waals surface area (Å²) in [5.41, 5.74) is 0.998. The smallest absolute Gasteiger partial charge is 0.284 e. The number of hydrogen-bond donors (Lipinski definition) is 1. The first-order chi connectivity index (χ1) is 14.2. The number of rotatable bonds is 5. The molecule has 3 aromatic rings. The van der Waals surface area contributed by atoms with Gasteiger partial charge >= 0.3 is 0 Å².